The second-order valence-corrected chi connectivity index (χ2v) is 7.70. The normalized spacial score (nSPS) is 23.3. The second kappa shape index (κ2) is 6.88. The number of hydrogen-bond acceptors (Lipinski definition) is 2. The molecule has 3 nitrogen and oxygen atoms in total. The van der Waals surface area contributed by atoms with Crippen molar-refractivity contribution in [1.82, 2.24) is 10.2 Å². The van der Waals surface area contributed by atoms with E-state index in [0.29, 0.717) is 12.5 Å². The third kappa shape index (κ3) is 4.03. The zero-order valence-corrected chi connectivity index (χ0v) is 15.3. The van der Waals surface area contributed by atoms with Gasteiger partial charge in [-0.15, -0.1) is 0 Å². The third-order valence-corrected chi connectivity index (χ3v) is 4.98. The van der Waals surface area contributed by atoms with E-state index in [9.17, 15) is 4.79 Å². The van der Waals surface area contributed by atoms with Crippen LogP contribution in [0, 0.1) is 17.3 Å². The van der Waals surface area contributed by atoms with Crippen molar-refractivity contribution in [2.45, 2.75) is 33.7 Å². The Labute approximate surface area is 140 Å². The summed E-state index contributed by atoms with van der Waals surface area (Å²) in [6, 6.07) is 10.5. The van der Waals surface area contributed by atoms with Gasteiger partial charge in [-0.1, -0.05) is 55.8 Å². The van der Waals surface area contributed by atoms with E-state index in [1.54, 1.807) is 0 Å². The summed E-state index contributed by atoms with van der Waals surface area (Å²) in [5.41, 5.74) is 2.59. The van der Waals surface area contributed by atoms with E-state index >= 15 is 0 Å². The molecule has 1 aromatic rings. The molecule has 0 spiro atoms. The highest BCUT2D eigenvalue weighted by molar-refractivity contribution is 5.83. The smallest absolute Gasteiger partial charge is 0.224 e. The van der Waals surface area contributed by atoms with Crippen molar-refractivity contribution in [2.75, 3.05) is 20.6 Å². The van der Waals surface area contributed by atoms with Crippen LogP contribution in [0.25, 0.3) is 0 Å². The molecule has 3 atom stereocenters. The fourth-order valence-electron chi connectivity index (χ4n) is 3.43. The monoisotopic (exact) mass is 314 g/mol. The summed E-state index contributed by atoms with van der Waals surface area (Å²) >= 11 is 0. The number of hydrogen-bond donors (Lipinski definition) is 1. The van der Waals surface area contributed by atoms with Gasteiger partial charge in [-0.05, 0) is 44.8 Å². The minimum atomic E-state index is 0.0711. The van der Waals surface area contributed by atoms with Crippen molar-refractivity contribution < 1.29 is 4.79 Å². The predicted octanol–water partition coefficient (Wildman–Crippen LogP) is 3.64. The molecule has 0 bridgehead atoms. The molecule has 3 unspecified atom stereocenters. The number of rotatable bonds is 6. The average Bonchev–Trinajstić information content (AvgIpc) is 2.99. The Bertz CT molecular complexity index is 571. The number of carbonyl (C=O) groups excluding carboxylic acids is 1. The average molecular weight is 314 g/mol. The lowest BCUT2D eigenvalue weighted by Crippen LogP contribution is -2.36. The van der Waals surface area contributed by atoms with Crippen LogP contribution in [-0.4, -0.2) is 31.4 Å². The van der Waals surface area contributed by atoms with Crippen molar-refractivity contribution in [1.29, 1.82) is 0 Å². The number of likely N-dealkylation sites (N-methyl/N-ethyl adjacent to an activating group) is 1. The van der Waals surface area contributed by atoms with Crippen molar-refractivity contribution in [3.8, 4) is 0 Å². The van der Waals surface area contributed by atoms with Crippen LogP contribution in [0.3, 0.4) is 0 Å². The highest BCUT2D eigenvalue weighted by Gasteiger charge is 2.60. The fourth-order valence-corrected chi connectivity index (χ4v) is 3.43. The molecule has 1 saturated carbocycles. The van der Waals surface area contributed by atoms with Gasteiger partial charge in [-0.3, -0.25) is 4.79 Å². The van der Waals surface area contributed by atoms with E-state index in [0.717, 1.165) is 0 Å². The Morgan fingerprint density at radius 3 is 2.39 bits per heavy atom. The van der Waals surface area contributed by atoms with Gasteiger partial charge in [0.15, 0.2) is 0 Å². The molecule has 1 fully saturated rings. The minimum absolute atomic E-state index is 0.0711. The Morgan fingerprint density at radius 1 is 1.26 bits per heavy atom. The summed E-state index contributed by atoms with van der Waals surface area (Å²) < 4.78 is 0. The standard InChI is InChI=1S/C20H30N2O/c1-14(2)12-16-18(20(16,3)4)19(23)21-13-17(22(5)6)15-10-8-7-9-11-15/h7-12,16-18H,13H2,1-6H3,(H,21,23). The molecule has 0 heterocycles. The molecular formula is C20H30N2O. The maximum Gasteiger partial charge on any atom is 0.224 e. The van der Waals surface area contributed by atoms with E-state index in [-0.39, 0.29) is 23.3 Å². The topological polar surface area (TPSA) is 32.3 Å². The molecule has 1 N–H and O–H groups in total. The molecule has 0 aromatic heterocycles. The highest BCUT2D eigenvalue weighted by Crippen LogP contribution is 2.59. The van der Waals surface area contributed by atoms with Gasteiger partial charge in [0.05, 0.1) is 12.0 Å². The van der Waals surface area contributed by atoms with Crippen LogP contribution in [0.15, 0.2) is 42.0 Å². The van der Waals surface area contributed by atoms with Crippen LogP contribution in [0.1, 0.15) is 39.3 Å². The Kier molecular flexibility index (Phi) is 5.30. The number of benzene rings is 1. The summed E-state index contributed by atoms with van der Waals surface area (Å²) in [5.74, 6) is 0.637. The molecule has 23 heavy (non-hydrogen) atoms. The van der Waals surface area contributed by atoms with Gasteiger partial charge in [0, 0.05) is 6.54 Å². The third-order valence-electron chi connectivity index (χ3n) is 4.98. The van der Waals surface area contributed by atoms with Gasteiger partial charge in [0.1, 0.15) is 0 Å². The van der Waals surface area contributed by atoms with Crippen LogP contribution in [0.2, 0.25) is 0 Å². The highest BCUT2D eigenvalue weighted by atomic mass is 16.2. The van der Waals surface area contributed by atoms with Gasteiger partial charge in [-0.25, -0.2) is 0 Å². The molecular weight excluding hydrogens is 284 g/mol. The summed E-state index contributed by atoms with van der Waals surface area (Å²) in [5, 5.41) is 3.17. The lowest BCUT2D eigenvalue weighted by atomic mass is 10.1. The molecule has 1 amide bonds. The first-order valence-electron chi connectivity index (χ1n) is 8.39. The summed E-state index contributed by atoms with van der Waals surface area (Å²) in [4.78, 5) is 14.8. The van der Waals surface area contributed by atoms with Crippen molar-refractivity contribution in [3.63, 3.8) is 0 Å². The molecule has 3 heteroatoms. The van der Waals surface area contributed by atoms with Gasteiger partial charge >= 0.3 is 0 Å². The van der Waals surface area contributed by atoms with E-state index in [2.05, 4.69) is 70.2 Å². The van der Waals surface area contributed by atoms with Gasteiger partial charge in [0.25, 0.3) is 0 Å². The fraction of sp³-hybridized carbons (Fsp3) is 0.550. The van der Waals surface area contributed by atoms with Crippen LogP contribution in [0.4, 0.5) is 0 Å². The van der Waals surface area contributed by atoms with E-state index < -0.39 is 0 Å². The molecule has 1 aliphatic rings. The van der Waals surface area contributed by atoms with E-state index in [4.69, 9.17) is 0 Å². The van der Waals surface area contributed by atoms with Crippen LogP contribution in [-0.2, 0) is 4.79 Å². The van der Waals surface area contributed by atoms with Gasteiger partial charge in [0.2, 0.25) is 5.91 Å². The second-order valence-electron chi connectivity index (χ2n) is 7.70. The van der Waals surface area contributed by atoms with Crippen molar-refractivity contribution in [3.05, 3.63) is 47.5 Å². The Morgan fingerprint density at radius 2 is 1.87 bits per heavy atom. The first-order valence-corrected chi connectivity index (χ1v) is 8.39. The molecule has 0 aliphatic heterocycles. The Balaban J connectivity index is 1.99. The molecule has 1 aliphatic carbocycles. The van der Waals surface area contributed by atoms with Crippen LogP contribution >= 0.6 is 0 Å². The molecule has 0 radical (unpaired) electrons. The lowest BCUT2D eigenvalue weighted by molar-refractivity contribution is -0.123. The number of allylic oxidation sites excluding steroid dienone is 2. The maximum atomic E-state index is 12.6. The van der Waals surface area contributed by atoms with Crippen LogP contribution in [0.5, 0.6) is 0 Å². The largest absolute Gasteiger partial charge is 0.354 e. The number of nitrogens with one attached hydrogen (secondary N) is 1. The summed E-state index contributed by atoms with van der Waals surface area (Å²) in [6.07, 6.45) is 2.24. The van der Waals surface area contributed by atoms with E-state index in [1.807, 2.05) is 18.2 Å². The number of nitrogens with zero attached hydrogens (tertiary/aromatic N) is 1. The molecule has 0 saturated heterocycles. The van der Waals surface area contributed by atoms with Crippen LogP contribution < -0.4 is 5.32 Å². The zero-order chi connectivity index (χ0) is 17.2. The quantitative estimate of drug-likeness (QED) is 0.813. The molecule has 2 rings (SSSR count). The lowest BCUT2D eigenvalue weighted by Gasteiger charge is -2.25. The predicted molar refractivity (Wildman–Crippen MR) is 96.1 cm³/mol. The molecule has 1 aromatic carbocycles. The minimum Gasteiger partial charge on any atom is -0.354 e. The van der Waals surface area contributed by atoms with Crippen molar-refractivity contribution in [2.24, 2.45) is 17.3 Å². The summed E-state index contributed by atoms with van der Waals surface area (Å²) in [6.45, 7) is 9.20. The van der Waals surface area contributed by atoms with Gasteiger partial charge in [-0.2, -0.15) is 0 Å². The number of amides is 1. The Hall–Kier alpha value is -1.61. The van der Waals surface area contributed by atoms with Crippen molar-refractivity contribution >= 4 is 5.91 Å². The summed E-state index contributed by atoms with van der Waals surface area (Å²) in [7, 11) is 4.10. The SMILES string of the molecule is CC(C)=CC1C(C(=O)NCC(c2ccccc2)N(C)C)C1(C)C. The first-order chi connectivity index (χ1) is 10.7. The zero-order valence-electron chi connectivity index (χ0n) is 15.3. The molecule has 126 valence electrons. The maximum absolute atomic E-state index is 12.6. The first kappa shape index (κ1) is 17.7. The van der Waals surface area contributed by atoms with E-state index in [1.165, 1.54) is 11.1 Å². The number of carbonyl (C=O) groups is 1. The van der Waals surface area contributed by atoms with Gasteiger partial charge < -0.3 is 10.2 Å².